The molecule has 4 amide bonds. The van der Waals surface area contributed by atoms with E-state index in [0.717, 1.165) is 41.6 Å². The summed E-state index contributed by atoms with van der Waals surface area (Å²) in [5.74, 6) is -3.47. The van der Waals surface area contributed by atoms with Crippen LogP contribution in [0.4, 0.5) is 10.5 Å². The smallest absolute Gasteiger partial charge is 0.414 e. The van der Waals surface area contributed by atoms with Crippen LogP contribution < -0.4 is 14.9 Å². The molecule has 0 radical (unpaired) electrons. The summed E-state index contributed by atoms with van der Waals surface area (Å²) in [6, 6.07) is 15.5. The van der Waals surface area contributed by atoms with Crippen LogP contribution in [-0.2, 0) is 35.7 Å². The van der Waals surface area contributed by atoms with Crippen molar-refractivity contribution in [3.05, 3.63) is 66.2 Å². The van der Waals surface area contributed by atoms with Gasteiger partial charge in [-0.25, -0.2) is 13.2 Å². The van der Waals surface area contributed by atoms with E-state index in [1.54, 1.807) is 16.8 Å². The zero-order valence-electron chi connectivity index (χ0n) is 26.4. The van der Waals surface area contributed by atoms with Gasteiger partial charge in [0.15, 0.2) is 0 Å². The molecule has 2 aromatic carbocycles. The molecular weight excluding hydrogens is 620 g/mol. The fraction of sp³-hybridized carbons (Fsp3) is 0.486. The third-order valence-electron chi connectivity index (χ3n) is 10.3. The van der Waals surface area contributed by atoms with E-state index in [9.17, 15) is 27.6 Å². The van der Waals surface area contributed by atoms with Crippen LogP contribution in [0.25, 0.3) is 11.1 Å². The highest BCUT2D eigenvalue weighted by atomic mass is 32.2. The zero-order chi connectivity index (χ0) is 32.9. The Hall–Kier alpha value is -4.19. The summed E-state index contributed by atoms with van der Waals surface area (Å²) in [6.07, 6.45) is 6.43. The number of para-hydroxylation sites is 1. The van der Waals surface area contributed by atoms with Gasteiger partial charge in [-0.15, -0.1) is 0 Å². The van der Waals surface area contributed by atoms with Crippen LogP contribution in [0.15, 0.2) is 60.7 Å². The molecule has 12 heteroatoms. The monoisotopic (exact) mass is 660 g/mol. The Morgan fingerprint density at radius 1 is 0.979 bits per heavy atom. The summed E-state index contributed by atoms with van der Waals surface area (Å²) >= 11 is 0. The maximum Gasteiger partial charge on any atom is 0.414 e. The van der Waals surface area contributed by atoms with Gasteiger partial charge in [0.05, 0.1) is 29.3 Å². The van der Waals surface area contributed by atoms with Crippen molar-refractivity contribution in [3.63, 3.8) is 0 Å². The van der Waals surface area contributed by atoms with Crippen LogP contribution in [0.1, 0.15) is 56.9 Å². The van der Waals surface area contributed by atoms with Crippen LogP contribution in [0, 0.1) is 17.8 Å². The lowest BCUT2D eigenvalue weighted by molar-refractivity contribution is -0.140. The van der Waals surface area contributed by atoms with E-state index in [-0.39, 0.29) is 31.1 Å². The number of ether oxygens (including phenoxy) is 1. The Morgan fingerprint density at radius 2 is 1.70 bits per heavy atom. The summed E-state index contributed by atoms with van der Waals surface area (Å²) in [5, 5.41) is 2.29. The molecule has 3 fully saturated rings. The van der Waals surface area contributed by atoms with E-state index in [0.29, 0.717) is 25.9 Å². The van der Waals surface area contributed by atoms with Gasteiger partial charge in [-0.05, 0) is 68.6 Å². The molecule has 5 aliphatic rings. The number of carbonyl (C=O) groups is 4. The quantitative estimate of drug-likeness (QED) is 0.474. The first kappa shape index (κ1) is 31.4. The number of hydrogen-bond acceptors (Lipinski definition) is 7. The first-order valence-corrected chi connectivity index (χ1v) is 18.1. The highest BCUT2D eigenvalue weighted by molar-refractivity contribution is 7.91. The molecule has 0 saturated heterocycles. The highest BCUT2D eigenvalue weighted by Gasteiger charge is 2.62. The second-order valence-corrected chi connectivity index (χ2v) is 15.5. The lowest BCUT2D eigenvalue weighted by Crippen LogP contribution is -2.54. The minimum absolute atomic E-state index is 0.104. The van der Waals surface area contributed by atoms with Crippen molar-refractivity contribution in [1.82, 2.24) is 14.9 Å². The summed E-state index contributed by atoms with van der Waals surface area (Å²) < 4.78 is 33.6. The van der Waals surface area contributed by atoms with Crippen LogP contribution in [0.2, 0.25) is 0 Å². The van der Waals surface area contributed by atoms with Crippen molar-refractivity contribution < 1.29 is 32.3 Å². The maximum absolute atomic E-state index is 14.0. The number of fused-ring (bicyclic) bond motifs is 5. The van der Waals surface area contributed by atoms with Crippen LogP contribution in [0.5, 0.6) is 0 Å². The van der Waals surface area contributed by atoms with Gasteiger partial charge in [0.25, 0.3) is 5.91 Å². The van der Waals surface area contributed by atoms with Crippen molar-refractivity contribution in [2.75, 3.05) is 18.5 Å². The topological polar surface area (TPSA) is 142 Å². The average molecular weight is 661 g/mol. The Balaban J connectivity index is 1.12. The highest BCUT2D eigenvalue weighted by Crippen LogP contribution is 2.47. The summed E-state index contributed by atoms with van der Waals surface area (Å²) in [5.41, 5.74) is 2.27. The van der Waals surface area contributed by atoms with Crippen LogP contribution >= 0.6 is 0 Å². The number of nitrogens with one attached hydrogen (secondary N) is 2. The van der Waals surface area contributed by atoms with E-state index in [1.807, 2.05) is 60.7 Å². The Labute approximate surface area is 274 Å². The molecule has 7 rings (SSSR count). The lowest BCUT2D eigenvalue weighted by Gasteiger charge is -2.31. The molecule has 2 aromatic rings. The molecule has 0 bridgehead atoms. The maximum atomic E-state index is 14.0. The number of amides is 4. The number of carbonyl (C=O) groups excluding carboxylic acids is 4. The molecule has 248 valence electrons. The zero-order valence-corrected chi connectivity index (χ0v) is 27.2. The van der Waals surface area contributed by atoms with Gasteiger partial charge in [0, 0.05) is 25.1 Å². The first-order chi connectivity index (χ1) is 22.6. The Kier molecular flexibility index (Phi) is 8.10. The van der Waals surface area contributed by atoms with Crippen molar-refractivity contribution in [1.29, 1.82) is 0 Å². The third kappa shape index (κ3) is 6.03. The number of anilines is 1. The lowest BCUT2D eigenvalue weighted by atomic mass is 9.93. The third-order valence-corrected chi connectivity index (χ3v) is 12.1. The molecule has 11 nitrogen and oxygen atoms in total. The van der Waals surface area contributed by atoms with Crippen molar-refractivity contribution in [2.24, 2.45) is 17.8 Å². The Morgan fingerprint density at radius 3 is 2.49 bits per heavy atom. The number of allylic oxidation sites excluding steroid dienone is 1. The van der Waals surface area contributed by atoms with Gasteiger partial charge in [-0.2, -0.15) is 0 Å². The summed E-state index contributed by atoms with van der Waals surface area (Å²) in [4.78, 5) is 58.3. The molecule has 2 aliphatic heterocycles. The van der Waals surface area contributed by atoms with Gasteiger partial charge in [0.2, 0.25) is 21.8 Å². The van der Waals surface area contributed by atoms with Crippen LogP contribution in [0.3, 0.4) is 0 Å². The van der Waals surface area contributed by atoms with E-state index >= 15 is 0 Å². The minimum Gasteiger partial charge on any atom is -0.446 e. The van der Waals surface area contributed by atoms with Gasteiger partial charge in [0.1, 0.15) is 11.6 Å². The minimum atomic E-state index is -3.83. The van der Waals surface area contributed by atoms with Gasteiger partial charge in [-0.3, -0.25) is 24.0 Å². The van der Waals surface area contributed by atoms with Gasteiger partial charge in [-0.1, -0.05) is 54.6 Å². The SMILES string of the molecule is CN1CCCC/C=C\C2C[C@@]2(C(=O)NS(=O)(=O)C2CC2)NC(=O)[C@@H]2C[C@@H](OC(=O)N3Cc4ccccc4-c4ccccc43)C[C@H]2C1=O. The second-order valence-electron chi connectivity index (χ2n) is 13.6. The second kappa shape index (κ2) is 12.1. The Bertz CT molecular complexity index is 1760. The fourth-order valence-electron chi connectivity index (χ4n) is 7.37. The number of nitrogens with zero attached hydrogens (tertiary/aromatic N) is 2. The molecule has 2 heterocycles. The van der Waals surface area contributed by atoms with Gasteiger partial charge >= 0.3 is 6.09 Å². The van der Waals surface area contributed by atoms with E-state index < -0.39 is 56.7 Å². The van der Waals surface area contributed by atoms with E-state index in [2.05, 4.69) is 10.0 Å². The molecule has 5 atom stereocenters. The predicted molar refractivity (Wildman–Crippen MR) is 174 cm³/mol. The normalized spacial score (nSPS) is 29.6. The average Bonchev–Trinajstić information content (AvgIpc) is 3.98. The fourth-order valence-corrected chi connectivity index (χ4v) is 8.74. The summed E-state index contributed by atoms with van der Waals surface area (Å²) in [7, 11) is -2.11. The largest absolute Gasteiger partial charge is 0.446 e. The molecule has 1 unspecified atom stereocenters. The molecular formula is C35H40N4O7S. The molecule has 2 N–H and O–H groups in total. The van der Waals surface area contributed by atoms with Crippen molar-refractivity contribution in [2.45, 2.75) is 74.8 Å². The van der Waals surface area contributed by atoms with E-state index in [1.165, 1.54) is 0 Å². The number of sulfonamides is 1. The predicted octanol–water partition coefficient (Wildman–Crippen LogP) is 3.89. The van der Waals surface area contributed by atoms with E-state index in [4.69, 9.17) is 4.74 Å². The number of rotatable bonds is 4. The molecule has 0 aromatic heterocycles. The van der Waals surface area contributed by atoms with Crippen LogP contribution in [-0.4, -0.2) is 67.6 Å². The molecule has 47 heavy (non-hydrogen) atoms. The molecule has 0 spiro atoms. The standard InChI is InChI=1S/C35H40N4O7S/c1-38-17-9-3-2-4-11-23-20-35(23,33(42)37-47(44,45)25-15-16-25)36-31(40)28-18-24(19-29(28)32(38)41)46-34(43)39-21-22-10-5-6-12-26(22)27-13-7-8-14-30(27)39/h4-8,10-14,23-25,28-29H,2-3,9,15-21H2,1H3,(H,36,40)(H,37,42)/b11-4-/t23?,24-,28-,29-,35-/m1/s1. The number of hydrogen-bond donors (Lipinski definition) is 2. The van der Waals surface area contributed by atoms with Gasteiger partial charge < -0.3 is 15.0 Å². The number of benzene rings is 2. The summed E-state index contributed by atoms with van der Waals surface area (Å²) in [6.45, 7) is 0.852. The van der Waals surface area contributed by atoms with Crippen molar-refractivity contribution >= 4 is 39.5 Å². The van der Waals surface area contributed by atoms with Crippen molar-refractivity contribution in [3.8, 4) is 11.1 Å². The molecule has 3 saturated carbocycles. The molecule has 3 aliphatic carbocycles. The first-order valence-electron chi connectivity index (χ1n) is 16.5.